The topological polar surface area (TPSA) is 73.2 Å². The lowest BCUT2D eigenvalue weighted by Gasteiger charge is -2.18. The average molecular weight is 418 g/mol. The molecule has 0 saturated carbocycles. The van der Waals surface area contributed by atoms with Gasteiger partial charge in [-0.3, -0.25) is 14.2 Å². The first-order valence-corrected chi connectivity index (χ1v) is 10.9. The number of ether oxygens (including phenoxy) is 1. The number of fused-ring (bicyclic) bond motifs is 1. The number of thiophene rings is 1. The number of benzene rings is 1. The molecule has 148 valence electrons. The Hall–Kier alpha value is -2.16. The summed E-state index contributed by atoms with van der Waals surface area (Å²) in [6.45, 7) is 2.89. The standard InChI is InChI=1S/C20H23N3O3S2/c1-14(12-26-2)23-19(25)16-7-3-4-8-17(16)22-20(23)28-13-18(24)21-10-9-15-6-5-11-27-15/h3-8,11,14H,9-10,12-13H2,1-2H3,(H,21,24). The Kier molecular flexibility index (Phi) is 7.24. The van der Waals surface area contributed by atoms with E-state index in [9.17, 15) is 9.59 Å². The van der Waals surface area contributed by atoms with Gasteiger partial charge >= 0.3 is 0 Å². The molecule has 8 heteroatoms. The lowest BCUT2D eigenvalue weighted by molar-refractivity contribution is -0.118. The zero-order valence-corrected chi connectivity index (χ0v) is 17.5. The lowest BCUT2D eigenvalue weighted by atomic mass is 10.2. The van der Waals surface area contributed by atoms with E-state index in [4.69, 9.17) is 4.74 Å². The molecule has 1 amide bonds. The third kappa shape index (κ3) is 5.01. The van der Waals surface area contributed by atoms with Crippen LogP contribution in [0.3, 0.4) is 0 Å². The van der Waals surface area contributed by atoms with Crippen molar-refractivity contribution in [3.05, 3.63) is 57.0 Å². The molecule has 3 aromatic rings. The van der Waals surface area contributed by atoms with E-state index >= 15 is 0 Å². The maximum absolute atomic E-state index is 13.0. The number of amides is 1. The van der Waals surface area contributed by atoms with Crippen molar-refractivity contribution in [2.75, 3.05) is 26.0 Å². The van der Waals surface area contributed by atoms with Crippen molar-refractivity contribution < 1.29 is 9.53 Å². The van der Waals surface area contributed by atoms with Gasteiger partial charge in [-0.25, -0.2) is 4.98 Å². The van der Waals surface area contributed by atoms with Gasteiger partial charge < -0.3 is 10.1 Å². The van der Waals surface area contributed by atoms with E-state index in [0.29, 0.717) is 29.2 Å². The average Bonchev–Trinajstić information content (AvgIpc) is 3.20. The highest BCUT2D eigenvalue weighted by Gasteiger charge is 2.17. The Balaban J connectivity index is 1.72. The van der Waals surface area contributed by atoms with Crippen LogP contribution >= 0.6 is 23.1 Å². The largest absolute Gasteiger partial charge is 0.383 e. The van der Waals surface area contributed by atoms with Gasteiger partial charge in [0.05, 0.1) is 29.3 Å². The van der Waals surface area contributed by atoms with Crippen LogP contribution in [-0.2, 0) is 16.0 Å². The Labute approximate surface area is 171 Å². The van der Waals surface area contributed by atoms with Crippen molar-refractivity contribution in [2.24, 2.45) is 0 Å². The molecule has 2 heterocycles. The Morgan fingerprint density at radius 3 is 2.89 bits per heavy atom. The minimum absolute atomic E-state index is 0.0742. The summed E-state index contributed by atoms with van der Waals surface area (Å²) in [7, 11) is 1.60. The minimum atomic E-state index is -0.181. The zero-order chi connectivity index (χ0) is 19.9. The molecule has 0 aliphatic heterocycles. The van der Waals surface area contributed by atoms with Gasteiger partial charge in [0.2, 0.25) is 5.91 Å². The summed E-state index contributed by atoms with van der Waals surface area (Å²) in [5.74, 6) is 0.129. The number of para-hydroxylation sites is 1. The highest BCUT2D eigenvalue weighted by Crippen LogP contribution is 2.21. The molecule has 0 aliphatic rings. The van der Waals surface area contributed by atoms with Gasteiger partial charge in [-0.2, -0.15) is 0 Å². The number of methoxy groups -OCH3 is 1. The van der Waals surface area contributed by atoms with Crippen molar-refractivity contribution in [2.45, 2.75) is 24.5 Å². The number of thioether (sulfide) groups is 1. The van der Waals surface area contributed by atoms with Crippen LogP contribution in [-0.4, -0.2) is 41.5 Å². The van der Waals surface area contributed by atoms with Crippen molar-refractivity contribution in [1.29, 1.82) is 0 Å². The molecule has 0 spiro atoms. The number of hydrogen-bond acceptors (Lipinski definition) is 6. The van der Waals surface area contributed by atoms with Gasteiger partial charge in [0.15, 0.2) is 5.16 Å². The van der Waals surface area contributed by atoms with E-state index in [0.717, 1.165) is 6.42 Å². The van der Waals surface area contributed by atoms with Crippen LogP contribution < -0.4 is 10.9 Å². The summed E-state index contributed by atoms with van der Waals surface area (Å²) >= 11 is 2.95. The summed E-state index contributed by atoms with van der Waals surface area (Å²) in [6.07, 6.45) is 0.817. The second-order valence-electron chi connectivity index (χ2n) is 6.36. The molecular weight excluding hydrogens is 394 g/mol. The molecule has 1 atom stereocenters. The predicted octanol–water partition coefficient (Wildman–Crippen LogP) is 3.12. The number of carbonyl (C=O) groups excluding carboxylic acids is 1. The number of nitrogens with zero attached hydrogens (tertiary/aromatic N) is 2. The molecule has 0 saturated heterocycles. The van der Waals surface area contributed by atoms with Gasteiger partial charge in [-0.15, -0.1) is 11.3 Å². The van der Waals surface area contributed by atoms with Gasteiger partial charge in [0, 0.05) is 18.5 Å². The summed E-state index contributed by atoms with van der Waals surface area (Å²) in [6, 6.07) is 11.1. The van der Waals surface area contributed by atoms with Crippen molar-refractivity contribution in [1.82, 2.24) is 14.9 Å². The van der Waals surface area contributed by atoms with Crippen molar-refractivity contribution >= 4 is 39.9 Å². The zero-order valence-electron chi connectivity index (χ0n) is 15.9. The lowest BCUT2D eigenvalue weighted by Crippen LogP contribution is -2.30. The van der Waals surface area contributed by atoms with Crippen LogP contribution in [0.4, 0.5) is 0 Å². The molecule has 0 aliphatic carbocycles. The van der Waals surface area contributed by atoms with Gasteiger partial charge in [0.25, 0.3) is 5.56 Å². The first kappa shape index (κ1) is 20.6. The van der Waals surface area contributed by atoms with Gasteiger partial charge in [0.1, 0.15) is 0 Å². The third-order valence-electron chi connectivity index (χ3n) is 4.23. The van der Waals surface area contributed by atoms with Crippen LogP contribution in [0.1, 0.15) is 17.8 Å². The second kappa shape index (κ2) is 9.86. The quantitative estimate of drug-likeness (QED) is 0.428. The molecule has 0 radical (unpaired) electrons. The number of carbonyl (C=O) groups is 1. The summed E-state index contributed by atoms with van der Waals surface area (Å²) in [4.78, 5) is 31.1. The van der Waals surface area contributed by atoms with Crippen LogP contribution in [0.5, 0.6) is 0 Å². The summed E-state index contributed by atoms with van der Waals surface area (Å²) < 4.78 is 6.84. The van der Waals surface area contributed by atoms with Crippen LogP contribution in [0.2, 0.25) is 0 Å². The van der Waals surface area contributed by atoms with E-state index in [2.05, 4.69) is 16.4 Å². The first-order chi connectivity index (χ1) is 13.6. The van der Waals surface area contributed by atoms with Gasteiger partial charge in [-0.1, -0.05) is 30.0 Å². The highest BCUT2D eigenvalue weighted by molar-refractivity contribution is 7.99. The smallest absolute Gasteiger partial charge is 0.262 e. The highest BCUT2D eigenvalue weighted by atomic mass is 32.2. The number of nitrogens with one attached hydrogen (secondary N) is 1. The maximum Gasteiger partial charge on any atom is 0.262 e. The molecule has 1 N–H and O–H groups in total. The minimum Gasteiger partial charge on any atom is -0.383 e. The molecular formula is C20H23N3O3S2. The molecule has 1 aromatic carbocycles. The molecule has 2 aromatic heterocycles. The predicted molar refractivity (Wildman–Crippen MR) is 114 cm³/mol. The summed E-state index contributed by atoms with van der Waals surface area (Å²) in [5.41, 5.74) is 0.518. The first-order valence-electron chi connectivity index (χ1n) is 9.02. The van der Waals surface area contributed by atoms with Crippen molar-refractivity contribution in [3.8, 4) is 0 Å². The SMILES string of the molecule is COCC(C)n1c(SCC(=O)NCCc2cccs2)nc2ccccc2c1=O. The number of rotatable bonds is 9. The molecule has 0 fully saturated rings. The molecule has 0 bridgehead atoms. The van der Waals surface area contributed by atoms with E-state index in [-0.39, 0.29) is 23.3 Å². The van der Waals surface area contributed by atoms with Crippen LogP contribution in [0, 0.1) is 0 Å². The molecule has 6 nitrogen and oxygen atoms in total. The molecule has 3 rings (SSSR count). The molecule has 28 heavy (non-hydrogen) atoms. The van der Waals surface area contributed by atoms with E-state index in [1.165, 1.54) is 16.6 Å². The maximum atomic E-state index is 13.0. The normalized spacial score (nSPS) is 12.2. The monoisotopic (exact) mass is 417 g/mol. The fourth-order valence-corrected chi connectivity index (χ4v) is 4.53. The number of aromatic nitrogens is 2. The van der Waals surface area contributed by atoms with E-state index < -0.39 is 0 Å². The van der Waals surface area contributed by atoms with E-state index in [1.54, 1.807) is 29.1 Å². The fraction of sp³-hybridized carbons (Fsp3) is 0.350. The molecule has 1 unspecified atom stereocenters. The van der Waals surface area contributed by atoms with Gasteiger partial charge in [-0.05, 0) is 36.9 Å². The van der Waals surface area contributed by atoms with Crippen LogP contribution in [0.15, 0.2) is 51.7 Å². The fourth-order valence-electron chi connectivity index (χ4n) is 2.89. The second-order valence-corrected chi connectivity index (χ2v) is 8.33. The Morgan fingerprint density at radius 1 is 1.32 bits per heavy atom. The van der Waals surface area contributed by atoms with E-state index in [1.807, 2.05) is 36.6 Å². The third-order valence-corrected chi connectivity index (χ3v) is 6.12. The van der Waals surface area contributed by atoms with Crippen molar-refractivity contribution in [3.63, 3.8) is 0 Å². The number of hydrogen-bond donors (Lipinski definition) is 1. The van der Waals surface area contributed by atoms with Crippen LogP contribution in [0.25, 0.3) is 10.9 Å². The Bertz CT molecular complexity index is 986. The Morgan fingerprint density at radius 2 is 2.14 bits per heavy atom. The summed E-state index contributed by atoms with van der Waals surface area (Å²) in [5, 5.41) is 6.04.